The Morgan fingerprint density at radius 1 is 0.769 bits per heavy atom. The zero-order valence-electron chi connectivity index (χ0n) is 9.38. The van der Waals surface area contributed by atoms with Crippen LogP contribution in [0.2, 0.25) is 0 Å². The maximum Gasteiger partial charge on any atom is 0.159 e. The fourth-order valence-electron chi connectivity index (χ4n) is 2.16. The van der Waals surface area contributed by atoms with Crippen LogP contribution in [-0.2, 0) is 9.84 Å². The minimum absolute atomic E-state index is 0.114. The molecule has 0 spiro atoms. The molecule has 0 unspecified atom stereocenters. The van der Waals surface area contributed by atoms with Gasteiger partial charge in [-0.15, -0.1) is 0 Å². The summed E-state index contributed by atoms with van der Waals surface area (Å²) in [4.78, 5) is 0. The molecule has 0 aromatic carbocycles. The molecule has 1 aliphatic heterocycles. The number of sulfone groups is 1. The van der Waals surface area contributed by atoms with Crippen molar-refractivity contribution < 1.29 is 8.42 Å². The fourth-order valence-corrected chi connectivity index (χ4v) is 5.76. The molecule has 1 aliphatic rings. The van der Waals surface area contributed by atoms with E-state index in [1.54, 1.807) is 0 Å². The lowest BCUT2D eigenvalue weighted by Crippen LogP contribution is -2.23. The van der Waals surface area contributed by atoms with E-state index in [0.29, 0.717) is 0 Å². The Hall–Kier alpha value is -0.0500. The van der Waals surface area contributed by atoms with Crippen molar-refractivity contribution in [2.75, 3.05) is 0 Å². The monoisotopic (exact) mass is 204 g/mol. The van der Waals surface area contributed by atoms with Crippen molar-refractivity contribution >= 4 is 9.84 Å². The summed E-state index contributed by atoms with van der Waals surface area (Å²) < 4.78 is 23.4. The molecule has 0 bridgehead atoms. The standard InChI is InChI=1S/C10H20O2S/c1-9(2,3)7-8(10(4,5)6)13(7,11)12/h7-8H,1-6H3/t7-,8-/m1/s1. The molecule has 0 amide bonds. The molecule has 13 heavy (non-hydrogen) atoms. The first-order chi connectivity index (χ1) is 5.49. The predicted octanol–water partition coefficient (Wildman–Crippen LogP) is 2.24. The zero-order chi connectivity index (χ0) is 10.7. The molecule has 0 aromatic rings. The SMILES string of the molecule is CC(C)(C)[C@H]1[C@H](C(C)(C)C)S1(=O)=O. The van der Waals surface area contributed by atoms with Crippen LogP contribution in [0.4, 0.5) is 0 Å². The minimum Gasteiger partial charge on any atom is -0.228 e. The molecule has 1 saturated heterocycles. The first kappa shape index (κ1) is 11.0. The molecule has 0 N–H and O–H groups in total. The maximum atomic E-state index is 11.7. The summed E-state index contributed by atoms with van der Waals surface area (Å²) in [5, 5.41) is -0.278. The second-order valence-electron chi connectivity index (χ2n) is 6.16. The Morgan fingerprint density at radius 2 is 1.00 bits per heavy atom. The van der Waals surface area contributed by atoms with Gasteiger partial charge < -0.3 is 0 Å². The number of hydrogen-bond donors (Lipinski definition) is 0. The van der Waals surface area contributed by atoms with Crippen LogP contribution in [0.15, 0.2) is 0 Å². The van der Waals surface area contributed by atoms with E-state index in [0.717, 1.165) is 0 Å². The molecule has 1 fully saturated rings. The van der Waals surface area contributed by atoms with Crippen LogP contribution in [0.25, 0.3) is 0 Å². The normalized spacial score (nSPS) is 33.1. The number of rotatable bonds is 0. The Morgan fingerprint density at radius 3 is 1.08 bits per heavy atom. The van der Waals surface area contributed by atoms with Gasteiger partial charge in [0, 0.05) is 0 Å². The van der Waals surface area contributed by atoms with Crippen LogP contribution in [0.3, 0.4) is 0 Å². The minimum atomic E-state index is -2.81. The van der Waals surface area contributed by atoms with Crippen molar-refractivity contribution in [3.05, 3.63) is 0 Å². The average Bonchev–Trinajstić information content (AvgIpc) is 2.29. The third-order valence-electron chi connectivity index (χ3n) is 2.61. The summed E-state index contributed by atoms with van der Waals surface area (Å²) >= 11 is 0. The van der Waals surface area contributed by atoms with E-state index >= 15 is 0 Å². The number of hydrogen-bond acceptors (Lipinski definition) is 2. The third-order valence-corrected chi connectivity index (χ3v) is 5.67. The van der Waals surface area contributed by atoms with Crippen molar-refractivity contribution in [2.24, 2.45) is 10.8 Å². The molecule has 2 atom stereocenters. The van der Waals surface area contributed by atoms with Gasteiger partial charge in [-0.05, 0) is 10.8 Å². The largest absolute Gasteiger partial charge is 0.228 e. The van der Waals surface area contributed by atoms with E-state index in [4.69, 9.17) is 0 Å². The summed E-state index contributed by atoms with van der Waals surface area (Å²) in [5.74, 6) is 0. The Balaban J connectivity index is 2.99. The smallest absolute Gasteiger partial charge is 0.159 e. The molecular weight excluding hydrogens is 184 g/mol. The van der Waals surface area contributed by atoms with Crippen molar-refractivity contribution in [2.45, 2.75) is 52.0 Å². The van der Waals surface area contributed by atoms with E-state index in [9.17, 15) is 8.42 Å². The average molecular weight is 204 g/mol. The Labute approximate surface area is 81.6 Å². The first-order valence-corrected chi connectivity index (χ1v) is 6.32. The van der Waals surface area contributed by atoms with Crippen molar-refractivity contribution in [1.29, 1.82) is 0 Å². The summed E-state index contributed by atoms with van der Waals surface area (Å²) in [6, 6.07) is 0. The van der Waals surface area contributed by atoms with Gasteiger partial charge in [0.25, 0.3) is 0 Å². The lowest BCUT2D eigenvalue weighted by molar-refractivity contribution is 0.335. The van der Waals surface area contributed by atoms with E-state index in [1.165, 1.54) is 0 Å². The predicted molar refractivity (Wildman–Crippen MR) is 55.4 cm³/mol. The molecule has 0 saturated carbocycles. The summed E-state index contributed by atoms with van der Waals surface area (Å²) in [5.41, 5.74) is -0.229. The molecular formula is C10H20O2S. The molecule has 0 aromatic heterocycles. The van der Waals surface area contributed by atoms with Gasteiger partial charge in [-0.25, -0.2) is 8.42 Å². The molecule has 2 nitrogen and oxygen atoms in total. The van der Waals surface area contributed by atoms with Crippen LogP contribution in [0, 0.1) is 10.8 Å². The van der Waals surface area contributed by atoms with Gasteiger partial charge in [-0.3, -0.25) is 0 Å². The third kappa shape index (κ3) is 1.76. The van der Waals surface area contributed by atoms with Gasteiger partial charge >= 0.3 is 0 Å². The van der Waals surface area contributed by atoms with Gasteiger partial charge in [-0.2, -0.15) is 0 Å². The van der Waals surface area contributed by atoms with Crippen LogP contribution in [0.5, 0.6) is 0 Å². The lowest BCUT2D eigenvalue weighted by atomic mass is 9.81. The second-order valence-corrected chi connectivity index (χ2v) is 8.36. The first-order valence-electron chi connectivity index (χ1n) is 4.72. The Bertz CT molecular complexity index is 275. The molecule has 78 valence electrons. The highest BCUT2D eigenvalue weighted by Gasteiger charge is 2.66. The summed E-state index contributed by atoms with van der Waals surface area (Å²) in [6.45, 7) is 12.0. The highest BCUT2D eigenvalue weighted by atomic mass is 32.2. The van der Waals surface area contributed by atoms with E-state index in [1.807, 2.05) is 41.5 Å². The maximum absolute atomic E-state index is 11.7. The lowest BCUT2D eigenvalue weighted by Gasteiger charge is -2.20. The van der Waals surface area contributed by atoms with Gasteiger partial charge in [0.2, 0.25) is 0 Å². The van der Waals surface area contributed by atoms with Crippen LogP contribution in [-0.4, -0.2) is 18.9 Å². The quantitative estimate of drug-likeness (QED) is 0.567. The van der Waals surface area contributed by atoms with Gasteiger partial charge in [0.05, 0.1) is 10.5 Å². The van der Waals surface area contributed by atoms with Crippen molar-refractivity contribution in [3.8, 4) is 0 Å². The summed E-state index contributed by atoms with van der Waals surface area (Å²) in [7, 11) is -2.81. The molecule has 1 rings (SSSR count). The van der Waals surface area contributed by atoms with Crippen molar-refractivity contribution in [1.82, 2.24) is 0 Å². The van der Waals surface area contributed by atoms with Crippen molar-refractivity contribution in [3.63, 3.8) is 0 Å². The molecule has 0 radical (unpaired) electrons. The van der Waals surface area contributed by atoms with Gasteiger partial charge in [-0.1, -0.05) is 41.5 Å². The Kier molecular flexibility index (Phi) is 2.12. The molecule has 1 heterocycles. The van der Waals surface area contributed by atoms with Crippen LogP contribution >= 0.6 is 0 Å². The topological polar surface area (TPSA) is 34.1 Å². The van der Waals surface area contributed by atoms with E-state index in [2.05, 4.69) is 0 Å². The van der Waals surface area contributed by atoms with Gasteiger partial charge in [0.15, 0.2) is 9.84 Å². The fraction of sp³-hybridized carbons (Fsp3) is 1.00. The van der Waals surface area contributed by atoms with E-state index in [-0.39, 0.29) is 21.3 Å². The second kappa shape index (κ2) is 2.50. The summed E-state index contributed by atoms with van der Waals surface area (Å²) in [6.07, 6.45) is 0. The van der Waals surface area contributed by atoms with Crippen LogP contribution < -0.4 is 0 Å². The highest BCUT2D eigenvalue weighted by Crippen LogP contribution is 2.52. The van der Waals surface area contributed by atoms with E-state index < -0.39 is 9.84 Å². The van der Waals surface area contributed by atoms with Gasteiger partial charge in [0.1, 0.15) is 0 Å². The molecule has 3 heteroatoms. The zero-order valence-corrected chi connectivity index (χ0v) is 10.2. The van der Waals surface area contributed by atoms with Crippen LogP contribution in [0.1, 0.15) is 41.5 Å². The highest BCUT2D eigenvalue weighted by molar-refractivity contribution is 8.00. The molecule has 0 aliphatic carbocycles.